The van der Waals surface area contributed by atoms with Gasteiger partial charge in [-0.25, -0.2) is 0 Å². The van der Waals surface area contributed by atoms with Crippen molar-refractivity contribution < 1.29 is 4.79 Å². The summed E-state index contributed by atoms with van der Waals surface area (Å²) >= 11 is 0. The van der Waals surface area contributed by atoms with Gasteiger partial charge in [-0.3, -0.25) is 4.79 Å². The normalized spacial score (nSPS) is 16.0. The number of carbonyl (C=O) groups is 1. The minimum atomic E-state index is -0.0364. The molecular weight excluding hydrogens is 216 g/mol. The lowest BCUT2D eigenvalue weighted by Crippen LogP contribution is -2.36. The fraction of sp³-hybridized carbons (Fsp3) is 0.417. The number of benzene rings is 1. The van der Waals surface area contributed by atoms with Gasteiger partial charge in [0.2, 0.25) is 5.91 Å². The van der Waals surface area contributed by atoms with Crippen LogP contribution in [0.1, 0.15) is 12.0 Å². The Morgan fingerprint density at radius 3 is 3.00 bits per heavy atom. The number of rotatable bonds is 4. The van der Waals surface area contributed by atoms with Gasteiger partial charge in [-0.1, -0.05) is 0 Å². The molecule has 5 heteroatoms. The lowest BCUT2D eigenvalue weighted by molar-refractivity contribution is -0.116. The number of carbonyl (C=O) groups excluding carboxylic acids is 1. The van der Waals surface area contributed by atoms with Gasteiger partial charge < -0.3 is 22.1 Å². The monoisotopic (exact) mass is 234 g/mol. The first-order valence-electron chi connectivity index (χ1n) is 5.81. The van der Waals surface area contributed by atoms with Crippen molar-refractivity contribution in [2.75, 3.05) is 23.7 Å². The number of hydrogen-bond acceptors (Lipinski definition) is 4. The molecule has 1 atom stereocenters. The van der Waals surface area contributed by atoms with Crippen molar-refractivity contribution in [1.29, 1.82) is 0 Å². The number of anilines is 2. The Kier molecular flexibility index (Phi) is 3.61. The van der Waals surface area contributed by atoms with Crippen molar-refractivity contribution in [1.82, 2.24) is 0 Å². The van der Waals surface area contributed by atoms with Crippen LogP contribution in [0.5, 0.6) is 0 Å². The molecule has 1 aliphatic heterocycles. The molecule has 1 unspecified atom stereocenters. The predicted octanol–water partition coefficient (Wildman–Crippen LogP) is 0.269. The fourth-order valence-electron chi connectivity index (χ4n) is 1.83. The van der Waals surface area contributed by atoms with E-state index in [1.54, 1.807) is 0 Å². The van der Waals surface area contributed by atoms with Crippen LogP contribution >= 0.6 is 0 Å². The number of aryl methyl sites for hydroxylation is 1. The molecule has 0 saturated carbocycles. The molecule has 0 bridgehead atoms. The van der Waals surface area contributed by atoms with E-state index in [1.807, 2.05) is 12.1 Å². The van der Waals surface area contributed by atoms with Crippen LogP contribution in [0, 0.1) is 0 Å². The topological polar surface area (TPSA) is 93.2 Å². The Labute approximate surface area is 101 Å². The predicted molar refractivity (Wildman–Crippen MR) is 68.9 cm³/mol. The maximum atomic E-state index is 11.2. The summed E-state index contributed by atoms with van der Waals surface area (Å²) in [7, 11) is 0. The van der Waals surface area contributed by atoms with Crippen LogP contribution in [0.4, 0.5) is 11.4 Å². The van der Waals surface area contributed by atoms with Gasteiger partial charge in [0.1, 0.15) is 0 Å². The Morgan fingerprint density at radius 2 is 2.24 bits per heavy atom. The smallest absolute Gasteiger partial charge is 0.224 e. The second-order valence-electron chi connectivity index (χ2n) is 4.30. The summed E-state index contributed by atoms with van der Waals surface area (Å²) in [5, 5.41) is 6.09. The molecule has 0 spiro atoms. The summed E-state index contributed by atoms with van der Waals surface area (Å²) < 4.78 is 0. The second-order valence-corrected chi connectivity index (χ2v) is 4.30. The number of nitrogens with one attached hydrogen (secondary N) is 2. The molecule has 1 aromatic carbocycles. The molecule has 0 saturated heterocycles. The van der Waals surface area contributed by atoms with Crippen LogP contribution in [0.2, 0.25) is 0 Å². The maximum Gasteiger partial charge on any atom is 0.224 e. The number of nitrogens with two attached hydrogens (primary N) is 2. The Balaban J connectivity index is 2.04. The van der Waals surface area contributed by atoms with E-state index in [1.165, 1.54) is 0 Å². The third-order valence-electron chi connectivity index (χ3n) is 2.87. The third kappa shape index (κ3) is 2.95. The van der Waals surface area contributed by atoms with Crippen LogP contribution in [0.25, 0.3) is 0 Å². The van der Waals surface area contributed by atoms with E-state index in [-0.39, 0.29) is 11.9 Å². The largest absolute Gasteiger partial charge is 0.383 e. The molecule has 0 fully saturated rings. The highest BCUT2D eigenvalue weighted by Crippen LogP contribution is 2.25. The average Bonchev–Trinajstić information content (AvgIpc) is 2.35. The molecule has 1 aromatic rings. The summed E-state index contributed by atoms with van der Waals surface area (Å²) in [6, 6.07) is 5.87. The quantitative estimate of drug-likeness (QED) is 0.601. The Hall–Kier alpha value is -1.59. The van der Waals surface area contributed by atoms with Gasteiger partial charge in [0.15, 0.2) is 0 Å². The van der Waals surface area contributed by atoms with Crippen LogP contribution < -0.4 is 22.1 Å². The molecule has 0 radical (unpaired) electrons. The van der Waals surface area contributed by atoms with Gasteiger partial charge in [-0.15, -0.1) is 0 Å². The first-order chi connectivity index (χ1) is 8.19. The van der Waals surface area contributed by atoms with E-state index < -0.39 is 0 Å². The van der Waals surface area contributed by atoms with E-state index in [0.717, 1.165) is 23.4 Å². The molecule has 1 amide bonds. The summed E-state index contributed by atoms with van der Waals surface area (Å²) in [4.78, 5) is 11.2. The molecule has 0 aliphatic carbocycles. The zero-order valence-electron chi connectivity index (χ0n) is 9.70. The van der Waals surface area contributed by atoms with E-state index >= 15 is 0 Å². The van der Waals surface area contributed by atoms with Crippen LogP contribution in [-0.4, -0.2) is 25.0 Å². The summed E-state index contributed by atoms with van der Waals surface area (Å²) in [5.41, 5.74) is 14.3. The van der Waals surface area contributed by atoms with E-state index in [2.05, 4.69) is 16.7 Å². The van der Waals surface area contributed by atoms with E-state index in [0.29, 0.717) is 19.5 Å². The van der Waals surface area contributed by atoms with Crippen molar-refractivity contribution in [2.45, 2.75) is 18.9 Å². The summed E-state index contributed by atoms with van der Waals surface area (Å²) in [6.45, 7) is 1.12. The van der Waals surface area contributed by atoms with Gasteiger partial charge in [0.05, 0.1) is 0 Å². The molecule has 17 heavy (non-hydrogen) atoms. The average molecular weight is 234 g/mol. The van der Waals surface area contributed by atoms with Gasteiger partial charge in [0.25, 0.3) is 0 Å². The van der Waals surface area contributed by atoms with Crippen molar-refractivity contribution >= 4 is 17.3 Å². The third-order valence-corrected chi connectivity index (χ3v) is 2.87. The van der Waals surface area contributed by atoms with Gasteiger partial charge in [-0.05, 0) is 30.2 Å². The van der Waals surface area contributed by atoms with Crippen molar-refractivity contribution in [3.63, 3.8) is 0 Å². The van der Waals surface area contributed by atoms with Gasteiger partial charge in [0, 0.05) is 36.9 Å². The zero-order chi connectivity index (χ0) is 12.3. The number of hydrogen-bond donors (Lipinski definition) is 4. The minimum Gasteiger partial charge on any atom is -0.383 e. The Morgan fingerprint density at radius 1 is 1.41 bits per heavy atom. The highest BCUT2D eigenvalue weighted by molar-refractivity contribution is 5.94. The highest BCUT2D eigenvalue weighted by Gasteiger charge is 2.14. The van der Waals surface area contributed by atoms with Gasteiger partial charge in [-0.2, -0.15) is 0 Å². The number of fused-ring (bicyclic) bond motifs is 1. The Bertz CT molecular complexity index is 419. The molecule has 5 nitrogen and oxygen atoms in total. The highest BCUT2D eigenvalue weighted by atomic mass is 16.1. The fourth-order valence-corrected chi connectivity index (χ4v) is 1.83. The van der Waals surface area contributed by atoms with Crippen LogP contribution in [0.3, 0.4) is 0 Å². The van der Waals surface area contributed by atoms with Crippen molar-refractivity contribution in [2.24, 2.45) is 11.5 Å². The molecule has 0 aromatic heterocycles. The lowest BCUT2D eigenvalue weighted by atomic mass is 10.0. The summed E-state index contributed by atoms with van der Waals surface area (Å²) in [6.07, 6.45) is 1.35. The molecule has 6 N–H and O–H groups in total. The molecule has 92 valence electrons. The molecule has 1 aliphatic rings. The molecule has 2 rings (SSSR count). The maximum absolute atomic E-state index is 11.2. The van der Waals surface area contributed by atoms with Crippen molar-refractivity contribution in [3.8, 4) is 0 Å². The minimum absolute atomic E-state index is 0.0364. The van der Waals surface area contributed by atoms with Gasteiger partial charge >= 0.3 is 0 Å². The summed E-state index contributed by atoms with van der Waals surface area (Å²) in [5.74, 6) is 0.0864. The second kappa shape index (κ2) is 5.16. The zero-order valence-corrected chi connectivity index (χ0v) is 9.70. The molecular formula is C12H18N4O. The SMILES string of the molecule is NCC(N)CNc1ccc2c(c1)CCC(=O)N2. The number of amides is 1. The first-order valence-corrected chi connectivity index (χ1v) is 5.81. The molecule has 1 heterocycles. The van der Waals surface area contributed by atoms with E-state index in [9.17, 15) is 4.79 Å². The standard InChI is InChI=1S/C12H18N4O/c13-6-9(14)7-15-10-2-3-11-8(5-10)1-4-12(17)16-11/h2-3,5,9,15H,1,4,6-7,13-14H2,(H,16,17). The first kappa shape index (κ1) is 11.9. The lowest BCUT2D eigenvalue weighted by Gasteiger charge is -2.18. The van der Waals surface area contributed by atoms with Crippen LogP contribution in [-0.2, 0) is 11.2 Å². The van der Waals surface area contributed by atoms with Crippen molar-refractivity contribution in [3.05, 3.63) is 23.8 Å². The van der Waals surface area contributed by atoms with Crippen LogP contribution in [0.15, 0.2) is 18.2 Å². The van der Waals surface area contributed by atoms with E-state index in [4.69, 9.17) is 11.5 Å².